The lowest BCUT2D eigenvalue weighted by molar-refractivity contribution is 0.0618. The second-order valence-corrected chi connectivity index (χ2v) is 6.31. The molecule has 5 heteroatoms. The van der Waals surface area contributed by atoms with Crippen LogP contribution in [0.25, 0.3) is 11.0 Å². The number of fused-ring (bicyclic) bond motifs is 4. The van der Waals surface area contributed by atoms with E-state index in [1.165, 1.54) is 12.8 Å². The Kier molecular flexibility index (Phi) is 3.55. The zero-order valence-electron chi connectivity index (χ0n) is 13.1. The standard InChI is InChI=1S/C18H19N3O2/c1-2-3-13-11-23-17-9-19-15(8-14(13)17)18(22)20-16-10-21-6-4-12(16)5-7-21/h8-9,11-12,16H,4-7,10H2,1H3,(H,20,22). The van der Waals surface area contributed by atoms with Crippen LogP contribution in [-0.2, 0) is 0 Å². The lowest BCUT2D eigenvalue weighted by Gasteiger charge is -2.44. The molecule has 0 saturated carbocycles. The molecule has 118 valence electrons. The van der Waals surface area contributed by atoms with E-state index in [4.69, 9.17) is 4.42 Å². The van der Waals surface area contributed by atoms with Gasteiger partial charge in [-0.3, -0.25) is 4.79 Å². The number of aromatic nitrogens is 1. The molecule has 3 aliphatic heterocycles. The van der Waals surface area contributed by atoms with Gasteiger partial charge in [-0.25, -0.2) is 4.98 Å². The first-order valence-electron chi connectivity index (χ1n) is 8.08. The summed E-state index contributed by atoms with van der Waals surface area (Å²) in [6.07, 6.45) is 5.56. The monoisotopic (exact) mass is 309 g/mol. The van der Waals surface area contributed by atoms with Crippen LogP contribution < -0.4 is 5.32 Å². The summed E-state index contributed by atoms with van der Waals surface area (Å²) in [5.74, 6) is 6.34. The van der Waals surface area contributed by atoms with Gasteiger partial charge in [0.25, 0.3) is 5.91 Å². The van der Waals surface area contributed by atoms with Crippen LogP contribution in [-0.4, -0.2) is 41.5 Å². The van der Waals surface area contributed by atoms with Crippen LogP contribution in [0.5, 0.6) is 0 Å². The summed E-state index contributed by atoms with van der Waals surface area (Å²) in [6.45, 7) is 5.06. The van der Waals surface area contributed by atoms with Gasteiger partial charge in [-0.1, -0.05) is 5.92 Å². The third-order valence-electron chi connectivity index (χ3n) is 4.93. The van der Waals surface area contributed by atoms with Crippen molar-refractivity contribution < 1.29 is 9.21 Å². The van der Waals surface area contributed by atoms with Gasteiger partial charge in [0, 0.05) is 18.0 Å². The molecular formula is C18H19N3O2. The molecule has 0 spiro atoms. The van der Waals surface area contributed by atoms with E-state index in [0.29, 0.717) is 17.2 Å². The van der Waals surface area contributed by atoms with Crippen LogP contribution in [0.3, 0.4) is 0 Å². The molecule has 5 rings (SSSR count). The number of hydrogen-bond acceptors (Lipinski definition) is 4. The summed E-state index contributed by atoms with van der Waals surface area (Å²) < 4.78 is 5.42. The lowest BCUT2D eigenvalue weighted by atomic mass is 9.84. The smallest absolute Gasteiger partial charge is 0.270 e. The Morgan fingerprint density at radius 1 is 1.43 bits per heavy atom. The zero-order chi connectivity index (χ0) is 15.8. The number of pyridine rings is 1. The maximum atomic E-state index is 12.6. The van der Waals surface area contributed by atoms with E-state index in [1.54, 1.807) is 25.5 Å². The molecule has 23 heavy (non-hydrogen) atoms. The Bertz CT molecular complexity index is 807. The second kappa shape index (κ2) is 5.71. The van der Waals surface area contributed by atoms with Gasteiger partial charge in [-0.05, 0) is 44.8 Å². The van der Waals surface area contributed by atoms with Gasteiger partial charge in [0.1, 0.15) is 12.0 Å². The molecule has 1 N–H and O–H groups in total. The minimum absolute atomic E-state index is 0.109. The fraction of sp³-hybridized carbons (Fsp3) is 0.444. The Morgan fingerprint density at radius 2 is 2.26 bits per heavy atom. The average Bonchev–Trinajstić information content (AvgIpc) is 2.99. The molecule has 2 aromatic heterocycles. The van der Waals surface area contributed by atoms with Gasteiger partial charge < -0.3 is 14.6 Å². The number of rotatable bonds is 2. The molecule has 5 heterocycles. The Morgan fingerprint density at radius 3 is 2.96 bits per heavy atom. The number of carbonyl (C=O) groups is 1. The normalized spacial score (nSPS) is 25.9. The maximum Gasteiger partial charge on any atom is 0.270 e. The Balaban J connectivity index is 1.57. The quantitative estimate of drug-likeness (QED) is 0.862. The summed E-state index contributed by atoms with van der Waals surface area (Å²) in [5.41, 5.74) is 1.87. The number of carbonyl (C=O) groups excluding carboxylic acids is 1. The number of hydrogen-bond donors (Lipinski definition) is 1. The zero-order valence-corrected chi connectivity index (χ0v) is 13.1. The maximum absolute atomic E-state index is 12.6. The van der Waals surface area contributed by atoms with Crippen molar-refractivity contribution in [1.82, 2.24) is 15.2 Å². The SMILES string of the molecule is CC#Cc1coc2cnc(C(=O)NC3CN4CCC3CC4)cc12. The van der Waals surface area contributed by atoms with Crippen molar-refractivity contribution in [3.05, 3.63) is 29.8 Å². The third kappa shape index (κ3) is 2.60. The van der Waals surface area contributed by atoms with Crippen LogP contribution in [0.4, 0.5) is 0 Å². The van der Waals surface area contributed by atoms with Crippen LogP contribution >= 0.6 is 0 Å². The van der Waals surface area contributed by atoms with Crippen molar-refractivity contribution in [1.29, 1.82) is 0 Å². The van der Waals surface area contributed by atoms with Crippen LogP contribution in [0.1, 0.15) is 35.8 Å². The second-order valence-electron chi connectivity index (χ2n) is 6.31. The van der Waals surface area contributed by atoms with Crippen molar-refractivity contribution >= 4 is 16.9 Å². The molecule has 1 atom stereocenters. The fourth-order valence-corrected chi connectivity index (χ4v) is 3.66. The molecule has 0 aliphatic carbocycles. The highest BCUT2D eigenvalue weighted by atomic mass is 16.3. The van der Waals surface area contributed by atoms with Gasteiger partial charge in [0.05, 0.1) is 11.8 Å². The number of nitrogens with one attached hydrogen (secondary N) is 1. The lowest BCUT2D eigenvalue weighted by Crippen LogP contribution is -2.57. The largest absolute Gasteiger partial charge is 0.461 e. The number of nitrogens with zero attached hydrogens (tertiary/aromatic N) is 2. The molecule has 2 aromatic rings. The van der Waals surface area contributed by atoms with Crippen molar-refractivity contribution in [2.24, 2.45) is 5.92 Å². The third-order valence-corrected chi connectivity index (χ3v) is 4.93. The molecule has 0 radical (unpaired) electrons. The first kappa shape index (κ1) is 14.3. The Hall–Kier alpha value is -2.32. The first-order valence-corrected chi connectivity index (χ1v) is 8.08. The van der Waals surface area contributed by atoms with E-state index in [0.717, 1.165) is 30.6 Å². The van der Waals surface area contributed by atoms with E-state index in [-0.39, 0.29) is 11.9 Å². The van der Waals surface area contributed by atoms with E-state index in [1.807, 2.05) is 0 Å². The van der Waals surface area contributed by atoms with Gasteiger partial charge >= 0.3 is 0 Å². The predicted molar refractivity (Wildman–Crippen MR) is 87.0 cm³/mol. The molecule has 0 aromatic carbocycles. The summed E-state index contributed by atoms with van der Waals surface area (Å²) in [4.78, 5) is 19.2. The predicted octanol–water partition coefficient (Wildman–Crippen LogP) is 2.02. The van der Waals surface area contributed by atoms with Gasteiger partial charge in [-0.15, -0.1) is 5.92 Å². The summed E-state index contributed by atoms with van der Waals surface area (Å²) in [5, 5.41) is 4.01. The summed E-state index contributed by atoms with van der Waals surface area (Å²) >= 11 is 0. The van der Waals surface area contributed by atoms with Gasteiger partial charge in [-0.2, -0.15) is 0 Å². The average molecular weight is 309 g/mol. The van der Waals surface area contributed by atoms with Crippen molar-refractivity contribution in [3.63, 3.8) is 0 Å². The highest BCUT2D eigenvalue weighted by Crippen LogP contribution is 2.28. The van der Waals surface area contributed by atoms with E-state index < -0.39 is 0 Å². The molecule has 5 nitrogen and oxygen atoms in total. The van der Waals surface area contributed by atoms with Crippen LogP contribution in [0.2, 0.25) is 0 Å². The van der Waals surface area contributed by atoms with Gasteiger partial charge in [0.2, 0.25) is 0 Å². The minimum atomic E-state index is -0.109. The number of piperidine rings is 3. The van der Waals surface area contributed by atoms with Gasteiger partial charge in [0.15, 0.2) is 5.58 Å². The van der Waals surface area contributed by atoms with Crippen LogP contribution in [0.15, 0.2) is 22.9 Å². The number of amides is 1. The molecule has 1 amide bonds. The van der Waals surface area contributed by atoms with Crippen molar-refractivity contribution in [2.75, 3.05) is 19.6 Å². The molecule has 1 unspecified atom stereocenters. The highest BCUT2D eigenvalue weighted by molar-refractivity contribution is 5.96. The van der Waals surface area contributed by atoms with E-state index in [2.05, 4.69) is 27.0 Å². The minimum Gasteiger partial charge on any atom is -0.461 e. The topological polar surface area (TPSA) is 58.4 Å². The Labute approximate surface area is 135 Å². The van der Waals surface area contributed by atoms with E-state index >= 15 is 0 Å². The van der Waals surface area contributed by atoms with Crippen molar-refractivity contribution in [3.8, 4) is 11.8 Å². The van der Waals surface area contributed by atoms with Crippen molar-refractivity contribution in [2.45, 2.75) is 25.8 Å². The fourth-order valence-electron chi connectivity index (χ4n) is 3.66. The van der Waals surface area contributed by atoms with Crippen LogP contribution in [0, 0.1) is 17.8 Å². The number of furan rings is 1. The molecule has 3 fully saturated rings. The van der Waals surface area contributed by atoms with E-state index in [9.17, 15) is 4.79 Å². The summed E-state index contributed by atoms with van der Waals surface area (Å²) in [6, 6.07) is 2.01. The summed E-state index contributed by atoms with van der Waals surface area (Å²) in [7, 11) is 0. The highest BCUT2D eigenvalue weighted by Gasteiger charge is 2.35. The molecular weight excluding hydrogens is 290 g/mol. The molecule has 3 saturated heterocycles. The molecule has 3 aliphatic rings. The molecule has 2 bridgehead atoms. The first-order chi connectivity index (χ1) is 11.2.